The molecule has 3 aromatic rings. The van der Waals surface area contributed by atoms with Crippen molar-refractivity contribution in [1.29, 1.82) is 0 Å². The van der Waals surface area contributed by atoms with Crippen LogP contribution in [-0.4, -0.2) is 25.7 Å². The first-order valence-corrected chi connectivity index (χ1v) is 13.6. The summed E-state index contributed by atoms with van der Waals surface area (Å²) in [5.74, 6) is 0. The average Bonchev–Trinajstić information content (AvgIpc) is 2.85. The summed E-state index contributed by atoms with van der Waals surface area (Å²) in [5, 5.41) is 4.31. The van der Waals surface area contributed by atoms with Gasteiger partial charge in [-0.15, -0.1) is 0 Å². The monoisotopic (exact) mass is 435 g/mol. The highest BCUT2D eigenvalue weighted by molar-refractivity contribution is 7.95. The van der Waals surface area contributed by atoms with Crippen molar-refractivity contribution < 1.29 is 9.47 Å². The van der Waals surface area contributed by atoms with Crippen LogP contribution in [0.15, 0.2) is 91.0 Å². The van der Waals surface area contributed by atoms with Gasteiger partial charge in [-0.2, -0.15) is 0 Å². The molecule has 0 saturated heterocycles. The average molecular weight is 436 g/mol. The van der Waals surface area contributed by atoms with Gasteiger partial charge in [0, 0.05) is 19.6 Å². The molecule has 0 amide bonds. The van der Waals surface area contributed by atoms with Crippen LogP contribution in [0.1, 0.15) is 39.5 Å². The number of benzene rings is 3. The largest absolute Gasteiger partial charge is 0.353 e. The molecule has 0 aliphatic rings. The van der Waals surface area contributed by atoms with Gasteiger partial charge in [-0.3, -0.25) is 0 Å². The lowest BCUT2D eigenvalue weighted by Crippen LogP contribution is -2.33. The molecule has 0 spiro atoms. The van der Waals surface area contributed by atoms with E-state index in [9.17, 15) is 0 Å². The Hall–Kier alpha value is -1.99. The molecular weight excluding hydrogens is 399 g/mol. The Kier molecular flexibility index (Phi) is 9.75. The highest BCUT2D eigenvalue weighted by Gasteiger charge is 2.44. The van der Waals surface area contributed by atoms with Crippen LogP contribution >= 0.6 is 7.26 Å². The van der Waals surface area contributed by atoms with Crippen LogP contribution in [0.25, 0.3) is 0 Å². The minimum atomic E-state index is -1.77. The summed E-state index contributed by atoms with van der Waals surface area (Å²) in [6.45, 7) is 5.80. The summed E-state index contributed by atoms with van der Waals surface area (Å²) >= 11 is 0. The van der Waals surface area contributed by atoms with E-state index < -0.39 is 7.26 Å². The molecule has 0 fully saturated rings. The molecule has 31 heavy (non-hydrogen) atoms. The van der Waals surface area contributed by atoms with Gasteiger partial charge >= 0.3 is 0 Å². The van der Waals surface area contributed by atoms with Gasteiger partial charge < -0.3 is 9.47 Å². The van der Waals surface area contributed by atoms with E-state index in [1.54, 1.807) is 0 Å². The molecule has 0 aliphatic heterocycles. The summed E-state index contributed by atoms with van der Waals surface area (Å²) in [4.78, 5) is 0. The quantitative estimate of drug-likeness (QED) is 0.244. The smallest absolute Gasteiger partial charge is 0.157 e. The molecule has 0 radical (unpaired) electrons. The third-order valence-electron chi connectivity index (χ3n) is 5.54. The van der Waals surface area contributed by atoms with Crippen LogP contribution in [0.2, 0.25) is 0 Å². The van der Waals surface area contributed by atoms with Crippen molar-refractivity contribution in [3.8, 4) is 0 Å². The van der Waals surface area contributed by atoms with Crippen LogP contribution in [0.5, 0.6) is 0 Å². The molecule has 0 bridgehead atoms. The van der Waals surface area contributed by atoms with Crippen molar-refractivity contribution in [3.63, 3.8) is 0 Å². The topological polar surface area (TPSA) is 18.5 Å². The Morgan fingerprint density at radius 2 is 1.00 bits per heavy atom. The second kappa shape index (κ2) is 12.8. The van der Waals surface area contributed by atoms with E-state index in [4.69, 9.17) is 9.47 Å². The van der Waals surface area contributed by atoms with Gasteiger partial charge in [0.2, 0.25) is 0 Å². The summed E-state index contributed by atoms with van der Waals surface area (Å²) in [5.41, 5.74) is 0. The van der Waals surface area contributed by atoms with Gasteiger partial charge in [0.15, 0.2) is 6.29 Å². The summed E-state index contributed by atoms with van der Waals surface area (Å²) in [6.07, 6.45) is 5.01. The lowest BCUT2D eigenvalue weighted by atomic mass is 10.3. The summed E-state index contributed by atoms with van der Waals surface area (Å²) < 4.78 is 12.0. The first-order valence-electron chi connectivity index (χ1n) is 11.6. The zero-order chi connectivity index (χ0) is 21.8. The van der Waals surface area contributed by atoms with Crippen molar-refractivity contribution in [1.82, 2.24) is 0 Å². The van der Waals surface area contributed by atoms with Crippen LogP contribution in [0, 0.1) is 0 Å². The predicted octanol–water partition coefficient (Wildman–Crippen LogP) is 5.94. The first-order chi connectivity index (χ1) is 15.3. The molecule has 0 N–H and O–H groups in total. The molecule has 0 aromatic heterocycles. The molecule has 164 valence electrons. The normalized spacial score (nSPS) is 11.7. The lowest BCUT2D eigenvalue weighted by molar-refractivity contribution is -0.145. The molecule has 0 unspecified atom stereocenters. The minimum absolute atomic E-state index is 0.107. The van der Waals surface area contributed by atoms with E-state index in [0.717, 1.165) is 45.1 Å². The molecule has 0 atom stereocenters. The number of rotatable bonds is 13. The third-order valence-corrected chi connectivity index (χ3v) is 10.1. The summed E-state index contributed by atoms with van der Waals surface area (Å²) in [7, 11) is -1.77. The fourth-order valence-electron chi connectivity index (χ4n) is 4.09. The number of hydrogen-bond donors (Lipinski definition) is 0. The number of hydrogen-bond acceptors (Lipinski definition) is 2. The maximum Gasteiger partial charge on any atom is 0.157 e. The molecule has 0 saturated carbocycles. The van der Waals surface area contributed by atoms with Crippen molar-refractivity contribution in [3.05, 3.63) is 91.0 Å². The van der Waals surface area contributed by atoms with Gasteiger partial charge in [0.05, 0.1) is 6.16 Å². The SMILES string of the molecule is CCCOC(CCC[P+](c1ccccc1)(c1ccccc1)c1ccccc1)OCCC. The molecule has 2 nitrogen and oxygen atoms in total. The van der Waals surface area contributed by atoms with Gasteiger partial charge in [-0.1, -0.05) is 68.4 Å². The fraction of sp³-hybridized carbons (Fsp3) is 0.357. The van der Waals surface area contributed by atoms with Gasteiger partial charge in [0.25, 0.3) is 0 Å². The minimum Gasteiger partial charge on any atom is -0.353 e. The van der Waals surface area contributed by atoms with E-state index in [2.05, 4.69) is 105 Å². The zero-order valence-electron chi connectivity index (χ0n) is 19.0. The molecule has 3 aromatic carbocycles. The lowest BCUT2D eigenvalue weighted by Gasteiger charge is -2.28. The van der Waals surface area contributed by atoms with Crippen molar-refractivity contribution in [2.75, 3.05) is 19.4 Å². The van der Waals surface area contributed by atoms with Crippen LogP contribution in [-0.2, 0) is 9.47 Å². The van der Waals surface area contributed by atoms with Crippen molar-refractivity contribution in [2.45, 2.75) is 45.8 Å². The van der Waals surface area contributed by atoms with Gasteiger partial charge in [-0.25, -0.2) is 0 Å². The highest BCUT2D eigenvalue weighted by atomic mass is 31.2. The van der Waals surface area contributed by atoms with Crippen LogP contribution in [0.4, 0.5) is 0 Å². The van der Waals surface area contributed by atoms with Crippen LogP contribution < -0.4 is 15.9 Å². The molecule has 0 aliphatic carbocycles. The second-order valence-corrected chi connectivity index (χ2v) is 11.5. The first kappa shape index (κ1) is 23.7. The van der Waals surface area contributed by atoms with E-state index >= 15 is 0 Å². The fourth-order valence-corrected chi connectivity index (χ4v) is 8.46. The zero-order valence-corrected chi connectivity index (χ0v) is 19.8. The molecule has 3 heteroatoms. The van der Waals surface area contributed by atoms with E-state index in [-0.39, 0.29) is 6.29 Å². The summed E-state index contributed by atoms with van der Waals surface area (Å²) in [6, 6.07) is 33.3. The van der Waals surface area contributed by atoms with Gasteiger partial charge in [-0.05, 0) is 55.7 Å². The van der Waals surface area contributed by atoms with E-state index in [0.29, 0.717) is 0 Å². The standard InChI is InChI=1S/C28H36O2P/c1-3-22-29-28(30-23-4-2)21-14-24-31(25-15-8-5-9-16-25,26-17-10-6-11-18-26)27-19-12-7-13-20-27/h5-13,15-20,28H,3-4,14,21-24H2,1-2H3/q+1. The second-order valence-electron chi connectivity index (χ2n) is 7.85. The van der Waals surface area contributed by atoms with Crippen LogP contribution in [0.3, 0.4) is 0 Å². The Morgan fingerprint density at radius 3 is 1.35 bits per heavy atom. The highest BCUT2D eigenvalue weighted by Crippen LogP contribution is 2.56. The molecule has 3 rings (SSSR count). The van der Waals surface area contributed by atoms with Crippen molar-refractivity contribution in [2.24, 2.45) is 0 Å². The maximum absolute atomic E-state index is 6.02. The predicted molar refractivity (Wildman–Crippen MR) is 136 cm³/mol. The number of ether oxygens (including phenoxy) is 2. The van der Waals surface area contributed by atoms with E-state index in [1.807, 2.05) is 0 Å². The van der Waals surface area contributed by atoms with E-state index in [1.165, 1.54) is 15.9 Å². The molecular formula is C28H36O2P+. The maximum atomic E-state index is 6.02. The Bertz CT molecular complexity index is 747. The van der Waals surface area contributed by atoms with Crippen molar-refractivity contribution >= 4 is 23.2 Å². The Morgan fingerprint density at radius 1 is 0.613 bits per heavy atom. The Balaban J connectivity index is 1.94. The van der Waals surface area contributed by atoms with Gasteiger partial charge in [0.1, 0.15) is 23.2 Å². The third kappa shape index (κ3) is 6.26. The Labute approximate surface area is 189 Å². The molecule has 0 heterocycles.